The van der Waals surface area contributed by atoms with Crippen molar-refractivity contribution in [3.63, 3.8) is 0 Å². The summed E-state index contributed by atoms with van der Waals surface area (Å²) in [6, 6.07) is 9.44. The number of hydrogen-bond acceptors (Lipinski definition) is 5. The molecule has 2 atom stereocenters. The summed E-state index contributed by atoms with van der Waals surface area (Å²) in [4.78, 5) is 49.3. The Morgan fingerprint density at radius 1 is 1.18 bits per heavy atom. The predicted octanol–water partition coefficient (Wildman–Crippen LogP) is 0.782. The molecule has 1 heterocycles. The first-order chi connectivity index (χ1) is 13.4. The van der Waals surface area contributed by atoms with E-state index in [0.29, 0.717) is 6.54 Å². The van der Waals surface area contributed by atoms with Gasteiger partial charge in [0.2, 0.25) is 11.8 Å². The van der Waals surface area contributed by atoms with Crippen molar-refractivity contribution in [1.82, 2.24) is 15.5 Å². The Bertz CT molecular complexity index is 707. The molecule has 0 aliphatic carbocycles. The Morgan fingerprint density at radius 3 is 2.57 bits per heavy atom. The molecule has 1 saturated heterocycles. The van der Waals surface area contributed by atoms with Crippen LogP contribution < -0.4 is 10.6 Å². The van der Waals surface area contributed by atoms with Crippen molar-refractivity contribution in [2.24, 2.45) is 5.92 Å². The van der Waals surface area contributed by atoms with E-state index in [9.17, 15) is 19.2 Å². The van der Waals surface area contributed by atoms with E-state index < -0.39 is 24.4 Å². The van der Waals surface area contributed by atoms with Gasteiger partial charge in [0.15, 0.2) is 6.61 Å². The van der Waals surface area contributed by atoms with Crippen LogP contribution in [0.4, 0.5) is 0 Å². The molecule has 2 N–H and O–H groups in total. The van der Waals surface area contributed by atoms with Crippen LogP contribution >= 0.6 is 0 Å². The van der Waals surface area contributed by atoms with Crippen LogP contribution in [0.2, 0.25) is 0 Å². The lowest BCUT2D eigenvalue weighted by Gasteiger charge is -2.25. The van der Waals surface area contributed by atoms with Crippen molar-refractivity contribution >= 4 is 23.7 Å². The predicted molar refractivity (Wildman–Crippen MR) is 102 cm³/mol. The van der Waals surface area contributed by atoms with Gasteiger partial charge in [-0.1, -0.05) is 37.3 Å². The summed E-state index contributed by atoms with van der Waals surface area (Å²) in [5.41, 5.74) is 0.991. The largest absolute Gasteiger partial charge is 0.455 e. The van der Waals surface area contributed by atoms with E-state index in [1.54, 1.807) is 4.90 Å². The average molecular weight is 389 g/mol. The fourth-order valence-electron chi connectivity index (χ4n) is 2.99. The van der Waals surface area contributed by atoms with Crippen LogP contribution in [0.15, 0.2) is 30.3 Å². The van der Waals surface area contributed by atoms with Gasteiger partial charge in [0.25, 0.3) is 5.91 Å². The van der Waals surface area contributed by atoms with Crippen molar-refractivity contribution in [3.8, 4) is 0 Å². The van der Waals surface area contributed by atoms with E-state index in [1.165, 1.54) is 0 Å². The monoisotopic (exact) mass is 389 g/mol. The first-order valence-corrected chi connectivity index (χ1v) is 9.46. The van der Waals surface area contributed by atoms with E-state index >= 15 is 0 Å². The van der Waals surface area contributed by atoms with Crippen LogP contribution in [0.5, 0.6) is 0 Å². The molecule has 1 fully saturated rings. The smallest absolute Gasteiger partial charge is 0.311 e. The van der Waals surface area contributed by atoms with E-state index in [4.69, 9.17) is 4.74 Å². The standard InChI is InChI=1S/C20H27N3O5/c1-3-9-21-17(24)11-22-18(25)13-28-20(27)16-10-19(26)23(12-16)14(2)15-7-5-4-6-8-15/h4-8,14,16H,3,9-13H2,1-2H3,(H,21,24)(H,22,25)/t14-,16+/m1/s1. The van der Waals surface area contributed by atoms with Gasteiger partial charge in [-0.25, -0.2) is 0 Å². The van der Waals surface area contributed by atoms with Gasteiger partial charge in [-0.3, -0.25) is 19.2 Å². The Morgan fingerprint density at radius 2 is 1.89 bits per heavy atom. The molecule has 0 aromatic heterocycles. The summed E-state index contributed by atoms with van der Waals surface area (Å²) in [5.74, 6) is -2.15. The maximum Gasteiger partial charge on any atom is 0.311 e. The molecular weight excluding hydrogens is 362 g/mol. The Labute approximate surface area is 164 Å². The summed E-state index contributed by atoms with van der Waals surface area (Å²) in [7, 11) is 0. The maximum absolute atomic E-state index is 12.3. The molecule has 152 valence electrons. The third-order valence-electron chi connectivity index (χ3n) is 4.61. The first kappa shape index (κ1) is 21.4. The number of esters is 1. The Balaban J connectivity index is 1.76. The molecule has 1 aromatic rings. The van der Waals surface area contributed by atoms with Gasteiger partial charge in [-0.15, -0.1) is 0 Å². The number of amides is 3. The quantitative estimate of drug-likeness (QED) is 0.608. The zero-order valence-corrected chi connectivity index (χ0v) is 16.3. The summed E-state index contributed by atoms with van der Waals surface area (Å²) in [6.45, 7) is 4.00. The van der Waals surface area contributed by atoms with Crippen LogP contribution in [0, 0.1) is 5.92 Å². The molecule has 1 aliphatic heterocycles. The number of benzene rings is 1. The number of carbonyl (C=O) groups is 4. The number of ether oxygens (including phenoxy) is 1. The minimum atomic E-state index is -0.598. The van der Waals surface area contributed by atoms with Crippen LogP contribution in [0.1, 0.15) is 38.3 Å². The number of rotatable bonds is 9. The second-order valence-corrected chi connectivity index (χ2v) is 6.77. The summed E-state index contributed by atoms with van der Waals surface area (Å²) in [5, 5.41) is 5.02. The average Bonchev–Trinajstić information content (AvgIpc) is 3.10. The number of hydrogen-bond donors (Lipinski definition) is 2. The fourth-order valence-corrected chi connectivity index (χ4v) is 2.99. The fraction of sp³-hybridized carbons (Fsp3) is 0.500. The summed E-state index contributed by atoms with van der Waals surface area (Å²) >= 11 is 0. The number of nitrogens with one attached hydrogen (secondary N) is 2. The second kappa shape index (κ2) is 10.4. The van der Waals surface area contributed by atoms with Gasteiger partial charge in [-0.2, -0.15) is 0 Å². The van der Waals surface area contributed by atoms with E-state index in [2.05, 4.69) is 10.6 Å². The SMILES string of the molecule is CCCNC(=O)CNC(=O)COC(=O)[C@H]1CC(=O)N([C@H](C)c2ccccc2)C1. The minimum Gasteiger partial charge on any atom is -0.455 e. The van der Waals surface area contributed by atoms with Gasteiger partial charge in [0.05, 0.1) is 18.5 Å². The molecule has 8 heteroatoms. The van der Waals surface area contributed by atoms with Crippen LogP contribution in [-0.4, -0.2) is 54.8 Å². The second-order valence-electron chi connectivity index (χ2n) is 6.77. The molecule has 1 aliphatic rings. The molecule has 8 nitrogen and oxygen atoms in total. The normalized spacial score (nSPS) is 17.1. The summed E-state index contributed by atoms with van der Waals surface area (Å²) in [6.07, 6.45) is 0.869. The maximum atomic E-state index is 12.3. The van der Waals surface area contributed by atoms with Crippen molar-refractivity contribution in [2.75, 3.05) is 26.2 Å². The summed E-state index contributed by atoms with van der Waals surface area (Å²) < 4.78 is 5.02. The van der Waals surface area contributed by atoms with Crippen molar-refractivity contribution < 1.29 is 23.9 Å². The number of carbonyl (C=O) groups excluding carboxylic acids is 4. The van der Waals surface area contributed by atoms with Gasteiger partial charge >= 0.3 is 5.97 Å². The molecular formula is C20H27N3O5. The van der Waals surface area contributed by atoms with E-state index in [-0.39, 0.29) is 37.4 Å². The molecule has 0 spiro atoms. The highest BCUT2D eigenvalue weighted by molar-refractivity contribution is 5.89. The van der Waals surface area contributed by atoms with Gasteiger partial charge in [0, 0.05) is 19.5 Å². The van der Waals surface area contributed by atoms with Crippen LogP contribution in [0.3, 0.4) is 0 Å². The molecule has 2 rings (SSSR count). The lowest BCUT2D eigenvalue weighted by atomic mass is 10.1. The third-order valence-corrected chi connectivity index (χ3v) is 4.61. The molecule has 0 unspecified atom stereocenters. The highest BCUT2D eigenvalue weighted by Gasteiger charge is 2.38. The van der Waals surface area contributed by atoms with E-state index in [0.717, 1.165) is 12.0 Å². The zero-order chi connectivity index (χ0) is 20.5. The molecule has 3 amide bonds. The zero-order valence-electron chi connectivity index (χ0n) is 16.3. The van der Waals surface area contributed by atoms with Crippen LogP contribution in [-0.2, 0) is 23.9 Å². The van der Waals surface area contributed by atoms with Gasteiger partial charge < -0.3 is 20.3 Å². The Kier molecular flexibility index (Phi) is 7.98. The number of likely N-dealkylation sites (tertiary alicyclic amines) is 1. The van der Waals surface area contributed by atoms with Gasteiger partial charge in [0.1, 0.15) is 0 Å². The first-order valence-electron chi connectivity index (χ1n) is 9.46. The van der Waals surface area contributed by atoms with E-state index in [1.807, 2.05) is 44.2 Å². The van der Waals surface area contributed by atoms with Gasteiger partial charge in [-0.05, 0) is 18.9 Å². The lowest BCUT2D eigenvalue weighted by Crippen LogP contribution is -2.39. The lowest BCUT2D eigenvalue weighted by molar-refractivity contribution is -0.152. The Hall–Kier alpha value is -2.90. The van der Waals surface area contributed by atoms with Crippen molar-refractivity contribution in [2.45, 2.75) is 32.7 Å². The molecule has 0 saturated carbocycles. The van der Waals surface area contributed by atoms with Crippen molar-refractivity contribution in [3.05, 3.63) is 35.9 Å². The topological polar surface area (TPSA) is 105 Å². The third kappa shape index (κ3) is 6.07. The highest BCUT2D eigenvalue weighted by atomic mass is 16.5. The van der Waals surface area contributed by atoms with Crippen LogP contribution in [0.25, 0.3) is 0 Å². The highest BCUT2D eigenvalue weighted by Crippen LogP contribution is 2.28. The molecule has 0 radical (unpaired) electrons. The minimum absolute atomic E-state index is 0.0665. The van der Waals surface area contributed by atoms with Crippen molar-refractivity contribution in [1.29, 1.82) is 0 Å². The molecule has 0 bridgehead atoms. The number of nitrogens with zero attached hydrogens (tertiary/aromatic N) is 1. The molecule has 1 aromatic carbocycles. The molecule has 28 heavy (non-hydrogen) atoms.